The minimum absolute atomic E-state index is 0. The first-order chi connectivity index (χ1) is 5.12. The summed E-state index contributed by atoms with van der Waals surface area (Å²) in [4.78, 5) is 0. The Morgan fingerprint density at radius 1 is 1.33 bits per heavy atom. The van der Waals surface area contributed by atoms with E-state index in [1.807, 2.05) is 0 Å². The lowest BCUT2D eigenvalue weighted by atomic mass is 9.86. The predicted molar refractivity (Wildman–Crippen MR) is 52.6 cm³/mol. The van der Waals surface area contributed by atoms with Crippen molar-refractivity contribution in [2.45, 2.75) is 38.8 Å². The molecule has 0 aliphatic carbocycles. The van der Waals surface area contributed by atoms with E-state index in [2.05, 4.69) is 19.2 Å². The largest absolute Gasteiger partial charge is 0.316 e. The van der Waals surface area contributed by atoms with Crippen molar-refractivity contribution in [3.05, 3.63) is 0 Å². The van der Waals surface area contributed by atoms with Gasteiger partial charge in [-0.3, -0.25) is 0 Å². The molecule has 0 amide bonds. The molecule has 0 atom stereocenters. The lowest BCUT2D eigenvalue weighted by Gasteiger charge is -2.31. The van der Waals surface area contributed by atoms with Gasteiger partial charge in [-0.25, -0.2) is 4.39 Å². The van der Waals surface area contributed by atoms with E-state index < -0.39 is 5.67 Å². The van der Waals surface area contributed by atoms with Gasteiger partial charge in [0.1, 0.15) is 5.67 Å². The number of hydrogen-bond acceptors (Lipinski definition) is 1. The number of nitrogens with one attached hydrogen (secondary N) is 1. The maximum Gasteiger partial charge on any atom is 0.113 e. The summed E-state index contributed by atoms with van der Waals surface area (Å²) in [5, 5.41) is 3.17. The molecule has 12 heavy (non-hydrogen) atoms. The van der Waals surface area contributed by atoms with E-state index >= 15 is 0 Å². The monoisotopic (exact) mass is 195 g/mol. The minimum Gasteiger partial charge on any atom is -0.316 e. The van der Waals surface area contributed by atoms with Gasteiger partial charge in [0.05, 0.1) is 0 Å². The molecule has 0 radical (unpaired) electrons. The van der Waals surface area contributed by atoms with Gasteiger partial charge in [0.25, 0.3) is 0 Å². The average molecular weight is 196 g/mol. The van der Waals surface area contributed by atoms with Crippen LogP contribution in [0.3, 0.4) is 0 Å². The first-order valence-corrected chi connectivity index (χ1v) is 4.52. The normalized spacial score (nSPS) is 22.0. The maximum absolute atomic E-state index is 13.8. The third kappa shape index (κ3) is 3.72. The molecule has 1 fully saturated rings. The summed E-state index contributed by atoms with van der Waals surface area (Å²) < 4.78 is 13.8. The van der Waals surface area contributed by atoms with Crippen LogP contribution >= 0.6 is 12.4 Å². The molecule has 1 aliphatic heterocycles. The van der Waals surface area contributed by atoms with E-state index in [1.54, 1.807) is 0 Å². The number of hydrogen-bond donors (Lipinski definition) is 1. The standard InChI is InChI=1S/C9H18FN.ClH/c1-8(2)7-9(10)3-5-11-6-4-9;/h8,11H,3-7H2,1-2H3;1H. The average Bonchev–Trinajstić information content (AvgIpc) is 1.85. The van der Waals surface area contributed by atoms with Crippen molar-refractivity contribution < 1.29 is 4.39 Å². The summed E-state index contributed by atoms with van der Waals surface area (Å²) in [6, 6.07) is 0. The molecule has 1 aliphatic rings. The molecule has 1 heterocycles. The van der Waals surface area contributed by atoms with E-state index in [1.165, 1.54) is 0 Å². The van der Waals surface area contributed by atoms with Gasteiger partial charge >= 0.3 is 0 Å². The molecule has 1 rings (SSSR count). The first-order valence-electron chi connectivity index (χ1n) is 4.52. The summed E-state index contributed by atoms with van der Waals surface area (Å²) >= 11 is 0. The van der Waals surface area contributed by atoms with Crippen molar-refractivity contribution in [1.82, 2.24) is 5.32 Å². The van der Waals surface area contributed by atoms with Crippen molar-refractivity contribution in [2.24, 2.45) is 5.92 Å². The Morgan fingerprint density at radius 2 is 1.83 bits per heavy atom. The summed E-state index contributed by atoms with van der Waals surface area (Å²) in [7, 11) is 0. The van der Waals surface area contributed by atoms with Crippen LogP contribution in [0.4, 0.5) is 4.39 Å². The fraction of sp³-hybridized carbons (Fsp3) is 1.00. The molecule has 0 aromatic rings. The van der Waals surface area contributed by atoms with Gasteiger partial charge in [-0.1, -0.05) is 13.8 Å². The van der Waals surface area contributed by atoms with Crippen LogP contribution in [-0.4, -0.2) is 18.8 Å². The Morgan fingerprint density at radius 3 is 2.25 bits per heavy atom. The zero-order valence-corrected chi connectivity index (χ0v) is 8.72. The summed E-state index contributed by atoms with van der Waals surface area (Å²) in [5.41, 5.74) is -0.862. The van der Waals surface area contributed by atoms with Crippen molar-refractivity contribution >= 4 is 12.4 Å². The van der Waals surface area contributed by atoms with Gasteiger partial charge in [-0.05, 0) is 38.3 Å². The van der Waals surface area contributed by atoms with Gasteiger partial charge in [0, 0.05) is 0 Å². The summed E-state index contributed by atoms with van der Waals surface area (Å²) in [5.74, 6) is 0.484. The van der Waals surface area contributed by atoms with E-state index in [4.69, 9.17) is 0 Å². The van der Waals surface area contributed by atoms with Crippen LogP contribution in [0.5, 0.6) is 0 Å². The molecule has 0 bridgehead atoms. The van der Waals surface area contributed by atoms with E-state index in [0.29, 0.717) is 18.8 Å². The third-order valence-electron chi connectivity index (χ3n) is 2.27. The summed E-state index contributed by atoms with van der Waals surface area (Å²) in [6.07, 6.45) is 2.13. The molecule has 0 spiro atoms. The molecule has 74 valence electrons. The van der Waals surface area contributed by atoms with Gasteiger partial charge in [-0.15, -0.1) is 12.4 Å². The van der Waals surface area contributed by atoms with Crippen LogP contribution in [0.15, 0.2) is 0 Å². The Hall–Kier alpha value is 0.180. The Balaban J connectivity index is 0.00000121. The Labute approximate surface area is 80.5 Å². The SMILES string of the molecule is CC(C)CC1(F)CCNCC1.Cl. The quantitative estimate of drug-likeness (QED) is 0.714. The molecule has 1 N–H and O–H groups in total. The zero-order chi connectivity index (χ0) is 8.32. The van der Waals surface area contributed by atoms with Crippen LogP contribution in [0.25, 0.3) is 0 Å². The van der Waals surface area contributed by atoms with E-state index in [9.17, 15) is 4.39 Å². The van der Waals surface area contributed by atoms with Gasteiger partial charge in [0.15, 0.2) is 0 Å². The second-order valence-electron chi connectivity index (χ2n) is 4.00. The highest BCUT2D eigenvalue weighted by Gasteiger charge is 2.31. The third-order valence-corrected chi connectivity index (χ3v) is 2.27. The first kappa shape index (κ1) is 12.2. The van der Waals surface area contributed by atoms with Gasteiger partial charge in [0.2, 0.25) is 0 Å². The highest BCUT2D eigenvalue weighted by Crippen LogP contribution is 2.30. The Kier molecular flexibility index (Phi) is 5.10. The highest BCUT2D eigenvalue weighted by molar-refractivity contribution is 5.85. The van der Waals surface area contributed by atoms with Crippen molar-refractivity contribution in [3.8, 4) is 0 Å². The smallest absolute Gasteiger partial charge is 0.113 e. The number of alkyl halides is 1. The molecule has 0 aromatic heterocycles. The molecule has 3 heteroatoms. The van der Waals surface area contributed by atoms with Crippen molar-refractivity contribution in [2.75, 3.05) is 13.1 Å². The molecular weight excluding hydrogens is 177 g/mol. The second-order valence-corrected chi connectivity index (χ2v) is 4.00. The molecule has 1 saturated heterocycles. The summed E-state index contributed by atoms with van der Waals surface area (Å²) in [6.45, 7) is 5.87. The molecular formula is C9H19ClFN. The fourth-order valence-corrected chi connectivity index (χ4v) is 1.81. The number of rotatable bonds is 2. The van der Waals surface area contributed by atoms with Crippen molar-refractivity contribution in [1.29, 1.82) is 0 Å². The minimum atomic E-state index is -0.862. The van der Waals surface area contributed by atoms with Gasteiger partial charge in [-0.2, -0.15) is 0 Å². The van der Waals surface area contributed by atoms with Crippen molar-refractivity contribution in [3.63, 3.8) is 0 Å². The fourth-order valence-electron chi connectivity index (χ4n) is 1.81. The van der Waals surface area contributed by atoms with Crippen LogP contribution < -0.4 is 5.32 Å². The maximum atomic E-state index is 13.8. The van der Waals surface area contributed by atoms with Crippen LogP contribution in [0, 0.1) is 5.92 Å². The zero-order valence-electron chi connectivity index (χ0n) is 7.90. The number of halogens is 2. The second kappa shape index (κ2) is 5.03. The van der Waals surface area contributed by atoms with E-state index in [0.717, 1.165) is 19.5 Å². The molecule has 0 aromatic carbocycles. The van der Waals surface area contributed by atoms with Crippen LogP contribution in [0.1, 0.15) is 33.1 Å². The Bertz CT molecular complexity index is 122. The topological polar surface area (TPSA) is 12.0 Å². The van der Waals surface area contributed by atoms with Gasteiger partial charge < -0.3 is 5.32 Å². The number of piperidine rings is 1. The molecule has 1 nitrogen and oxygen atoms in total. The van der Waals surface area contributed by atoms with Crippen LogP contribution in [-0.2, 0) is 0 Å². The van der Waals surface area contributed by atoms with E-state index in [-0.39, 0.29) is 12.4 Å². The lowest BCUT2D eigenvalue weighted by Crippen LogP contribution is -2.39. The highest BCUT2D eigenvalue weighted by atomic mass is 35.5. The molecule has 0 unspecified atom stereocenters. The molecule has 0 saturated carbocycles. The lowest BCUT2D eigenvalue weighted by molar-refractivity contribution is 0.0894. The predicted octanol–water partition coefficient (Wildman–Crippen LogP) is 2.55. The van der Waals surface area contributed by atoms with Crippen LogP contribution in [0.2, 0.25) is 0 Å².